The van der Waals surface area contributed by atoms with Gasteiger partial charge in [0.2, 0.25) is 11.8 Å². The van der Waals surface area contributed by atoms with Gasteiger partial charge in [0.25, 0.3) is 0 Å². The third-order valence-electron chi connectivity index (χ3n) is 2.43. The average Bonchev–Trinajstić information content (AvgIpc) is 2.38. The number of ether oxygens (including phenoxy) is 2. The first kappa shape index (κ1) is 13.8. The fourth-order valence-corrected chi connectivity index (χ4v) is 1.66. The van der Waals surface area contributed by atoms with Crippen LogP contribution in [0.3, 0.4) is 0 Å². The molecule has 0 aliphatic rings. The highest BCUT2D eigenvalue weighted by Gasteiger charge is 2.08. The maximum atomic E-state index is 11.0. The maximum Gasteiger partial charge on any atom is 0.335 e. The lowest BCUT2D eigenvalue weighted by atomic mass is 10.1. The molecule has 0 aliphatic carbocycles. The van der Waals surface area contributed by atoms with Crippen LogP contribution in [0.15, 0.2) is 30.6 Å². The van der Waals surface area contributed by atoms with Crippen molar-refractivity contribution in [2.45, 2.75) is 13.8 Å². The highest BCUT2D eigenvalue weighted by molar-refractivity contribution is 5.88. The Morgan fingerprint density at radius 3 is 2.65 bits per heavy atom. The normalized spacial score (nSPS) is 10.1. The van der Waals surface area contributed by atoms with Gasteiger partial charge in [0, 0.05) is 0 Å². The first-order chi connectivity index (χ1) is 9.58. The van der Waals surface area contributed by atoms with Gasteiger partial charge >= 0.3 is 5.97 Å². The minimum Gasteiger partial charge on any atom is -0.478 e. The van der Waals surface area contributed by atoms with Crippen LogP contribution in [0.4, 0.5) is 0 Å². The van der Waals surface area contributed by atoms with Crippen LogP contribution in [0.5, 0.6) is 17.5 Å². The molecule has 1 aromatic carbocycles. The summed E-state index contributed by atoms with van der Waals surface area (Å²) in [5.74, 6) is 0.105. The lowest BCUT2D eigenvalue weighted by molar-refractivity contribution is 0.0696. The molecule has 1 aromatic heterocycles. The van der Waals surface area contributed by atoms with Gasteiger partial charge in [0.05, 0.1) is 18.2 Å². The second-order valence-corrected chi connectivity index (χ2v) is 4.07. The Kier molecular flexibility index (Phi) is 4.14. The summed E-state index contributed by atoms with van der Waals surface area (Å²) in [6.07, 6.45) is 1.33. The quantitative estimate of drug-likeness (QED) is 0.902. The van der Waals surface area contributed by atoms with E-state index in [1.54, 1.807) is 25.1 Å². The van der Waals surface area contributed by atoms with E-state index in [-0.39, 0.29) is 5.56 Å². The zero-order chi connectivity index (χ0) is 14.5. The average molecular weight is 274 g/mol. The maximum absolute atomic E-state index is 11.0. The lowest BCUT2D eigenvalue weighted by Crippen LogP contribution is -1.99. The third kappa shape index (κ3) is 3.44. The summed E-state index contributed by atoms with van der Waals surface area (Å²) in [6.45, 7) is 4.14. The molecule has 0 saturated carbocycles. The molecule has 0 radical (unpaired) electrons. The van der Waals surface area contributed by atoms with Crippen LogP contribution in [-0.4, -0.2) is 27.7 Å². The topological polar surface area (TPSA) is 81.5 Å². The third-order valence-corrected chi connectivity index (χ3v) is 2.43. The van der Waals surface area contributed by atoms with E-state index < -0.39 is 5.97 Å². The van der Waals surface area contributed by atoms with Gasteiger partial charge in [-0.2, -0.15) is 0 Å². The second kappa shape index (κ2) is 6.01. The summed E-state index contributed by atoms with van der Waals surface area (Å²) >= 11 is 0. The number of hydrogen-bond donors (Lipinski definition) is 1. The van der Waals surface area contributed by atoms with Crippen molar-refractivity contribution in [3.8, 4) is 17.5 Å². The van der Waals surface area contributed by atoms with E-state index in [1.165, 1.54) is 12.4 Å². The number of hydrogen-bond acceptors (Lipinski definition) is 5. The summed E-state index contributed by atoms with van der Waals surface area (Å²) in [6, 6.07) is 6.29. The van der Waals surface area contributed by atoms with Crippen LogP contribution >= 0.6 is 0 Å². The summed E-state index contributed by atoms with van der Waals surface area (Å²) in [4.78, 5) is 18.9. The molecule has 0 spiro atoms. The minimum absolute atomic E-state index is 0.166. The summed E-state index contributed by atoms with van der Waals surface area (Å²) in [7, 11) is 0. The van der Waals surface area contributed by atoms with E-state index in [9.17, 15) is 4.79 Å². The fourth-order valence-electron chi connectivity index (χ4n) is 1.66. The molecule has 1 heterocycles. The van der Waals surface area contributed by atoms with Gasteiger partial charge in [-0.05, 0) is 37.6 Å². The van der Waals surface area contributed by atoms with Crippen LogP contribution in [0.25, 0.3) is 0 Å². The molecule has 0 unspecified atom stereocenters. The molecule has 0 bridgehead atoms. The SMILES string of the molecule is CCOc1cc(Oc2cc(C)cc(C(=O)O)c2)ncn1. The van der Waals surface area contributed by atoms with E-state index in [1.807, 2.05) is 6.92 Å². The number of rotatable bonds is 5. The molecule has 6 heteroatoms. The van der Waals surface area contributed by atoms with Gasteiger partial charge < -0.3 is 14.6 Å². The number of nitrogens with zero attached hydrogens (tertiary/aromatic N) is 2. The Morgan fingerprint density at radius 2 is 1.95 bits per heavy atom. The van der Waals surface area contributed by atoms with E-state index >= 15 is 0 Å². The van der Waals surface area contributed by atoms with Gasteiger partial charge in [-0.25, -0.2) is 14.8 Å². The Labute approximate surface area is 116 Å². The smallest absolute Gasteiger partial charge is 0.335 e. The highest BCUT2D eigenvalue weighted by Crippen LogP contribution is 2.24. The van der Waals surface area contributed by atoms with Crippen LogP contribution in [0.1, 0.15) is 22.8 Å². The number of carboxylic acid groups (broad SMARTS) is 1. The Balaban J connectivity index is 2.25. The van der Waals surface area contributed by atoms with Gasteiger partial charge in [-0.1, -0.05) is 0 Å². The minimum atomic E-state index is -1.00. The van der Waals surface area contributed by atoms with Crippen molar-refractivity contribution in [3.05, 3.63) is 41.7 Å². The number of aryl methyl sites for hydroxylation is 1. The van der Waals surface area contributed by atoms with Crippen molar-refractivity contribution in [1.29, 1.82) is 0 Å². The van der Waals surface area contributed by atoms with Crippen molar-refractivity contribution in [1.82, 2.24) is 9.97 Å². The van der Waals surface area contributed by atoms with Crippen LogP contribution in [0, 0.1) is 6.92 Å². The summed E-state index contributed by atoms with van der Waals surface area (Å²) in [5, 5.41) is 9.01. The molecule has 0 saturated heterocycles. The number of aromatic carboxylic acids is 1. The fraction of sp³-hybridized carbons (Fsp3) is 0.214. The van der Waals surface area contributed by atoms with Crippen molar-refractivity contribution in [3.63, 3.8) is 0 Å². The first-order valence-corrected chi connectivity index (χ1v) is 6.06. The zero-order valence-corrected chi connectivity index (χ0v) is 11.2. The number of benzene rings is 1. The lowest BCUT2D eigenvalue weighted by Gasteiger charge is -2.08. The number of carboxylic acids is 1. The molecular formula is C14H14N2O4. The van der Waals surface area contributed by atoms with Crippen molar-refractivity contribution >= 4 is 5.97 Å². The van der Waals surface area contributed by atoms with Gasteiger partial charge in [0.1, 0.15) is 12.1 Å². The van der Waals surface area contributed by atoms with Gasteiger partial charge in [0.15, 0.2) is 0 Å². The predicted molar refractivity (Wildman–Crippen MR) is 71.4 cm³/mol. The summed E-state index contributed by atoms with van der Waals surface area (Å²) in [5.41, 5.74) is 0.957. The molecular weight excluding hydrogens is 260 g/mol. The molecule has 2 rings (SSSR count). The number of carbonyl (C=O) groups is 1. The Morgan fingerprint density at radius 1 is 1.20 bits per heavy atom. The molecule has 0 aliphatic heterocycles. The largest absolute Gasteiger partial charge is 0.478 e. The standard InChI is InChI=1S/C14H14N2O4/c1-3-19-12-7-13(16-8-15-12)20-11-5-9(2)4-10(6-11)14(17)18/h4-8H,3H2,1-2H3,(H,17,18). The zero-order valence-electron chi connectivity index (χ0n) is 11.2. The Bertz CT molecular complexity index is 628. The summed E-state index contributed by atoms with van der Waals surface area (Å²) < 4.78 is 10.8. The molecule has 0 atom stereocenters. The second-order valence-electron chi connectivity index (χ2n) is 4.07. The van der Waals surface area contributed by atoms with E-state index in [0.717, 1.165) is 5.56 Å². The van der Waals surface area contributed by atoms with Crippen LogP contribution < -0.4 is 9.47 Å². The van der Waals surface area contributed by atoms with Crippen LogP contribution in [-0.2, 0) is 0 Å². The van der Waals surface area contributed by atoms with Crippen molar-refractivity contribution < 1.29 is 19.4 Å². The molecule has 1 N–H and O–H groups in total. The molecule has 2 aromatic rings. The van der Waals surface area contributed by atoms with E-state index in [0.29, 0.717) is 24.1 Å². The highest BCUT2D eigenvalue weighted by atomic mass is 16.5. The monoisotopic (exact) mass is 274 g/mol. The van der Waals surface area contributed by atoms with Gasteiger partial charge in [-0.3, -0.25) is 0 Å². The van der Waals surface area contributed by atoms with Crippen molar-refractivity contribution in [2.75, 3.05) is 6.61 Å². The van der Waals surface area contributed by atoms with E-state index in [2.05, 4.69) is 9.97 Å². The molecule has 0 fully saturated rings. The molecule has 104 valence electrons. The number of aromatic nitrogens is 2. The molecule has 20 heavy (non-hydrogen) atoms. The van der Waals surface area contributed by atoms with Crippen LogP contribution in [0.2, 0.25) is 0 Å². The predicted octanol–water partition coefficient (Wildman–Crippen LogP) is 2.67. The Hall–Kier alpha value is -2.63. The molecule has 6 nitrogen and oxygen atoms in total. The van der Waals surface area contributed by atoms with Crippen molar-refractivity contribution in [2.24, 2.45) is 0 Å². The van der Waals surface area contributed by atoms with E-state index in [4.69, 9.17) is 14.6 Å². The first-order valence-electron chi connectivity index (χ1n) is 6.06. The molecule has 0 amide bonds. The van der Waals surface area contributed by atoms with Gasteiger partial charge in [-0.15, -0.1) is 0 Å².